The smallest absolute Gasteiger partial charge is 0.305 e. The highest BCUT2D eigenvalue weighted by Gasteiger charge is 2.03. The number of nitrogens with zero attached hydrogens (tertiary/aromatic N) is 2. The molecule has 162 valence electrons. The number of hydrogen-bond donors (Lipinski definition) is 1. The Bertz CT molecular complexity index is 858. The molecule has 0 amide bonds. The monoisotopic (exact) mass is 425 g/mol. The normalized spacial score (nSPS) is 10.9. The van der Waals surface area contributed by atoms with Crippen molar-refractivity contribution in [3.05, 3.63) is 53.6 Å². The van der Waals surface area contributed by atoms with Crippen LogP contribution in [0.2, 0.25) is 0 Å². The van der Waals surface area contributed by atoms with Gasteiger partial charge in [0.2, 0.25) is 0 Å². The fraction of sp³-hybridized carbons (Fsp3) is 0.500. The van der Waals surface area contributed by atoms with Crippen molar-refractivity contribution in [3.63, 3.8) is 0 Å². The average Bonchev–Trinajstić information content (AvgIpc) is 2.98. The summed E-state index contributed by atoms with van der Waals surface area (Å²) in [6.07, 6.45) is 9.07. The van der Waals surface area contributed by atoms with E-state index in [1.165, 1.54) is 4.68 Å². The molecule has 29 heavy (non-hydrogen) atoms. The zero-order valence-electron chi connectivity index (χ0n) is 17.3. The van der Waals surface area contributed by atoms with Crippen molar-refractivity contribution < 1.29 is 27.1 Å². The number of imidazole rings is 1. The fourth-order valence-corrected chi connectivity index (χ4v) is 3.45. The molecule has 2 aromatic rings. The maximum atomic E-state index is 11.0. The highest BCUT2D eigenvalue weighted by molar-refractivity contribution is 7.84. The molecule has 0 fully saturated rings. The standard InChI is InChI=1S/C11H20N3O2.C9H12O3S/c1-2-16-11(15)6-4-3-5-7-13-8-9-14(12)10-13;1-7-3-8(2)5-9(4-7)6-13(10,11)12/h8-10H,2-7,12H2,1H3;3-5H,6H2,1-2H3,(H,10,11,12)/q+1;/p-1. The van der Waals surface area contributed by atoms with Gasteiger partial charge < -0.3 is 9.29 Å². The Hall–Kier alpha value is -2.39. The highest BCUT2D eigenvalue weighted by Crippen LogP contribution is 2.11. The molecule has 8 nitrogen and oxygen atoms in total. The van der Waals surface area contributed by atoms with E-state index in [0.29, 0.717) is 18.6 Å². The number of nitrogens with two attached hydrogens (primary N) is 1. The minimum absolute atomic E-state index is 0.0942. The lowest BCUT2D eigenvalue weighted by Crippen LogP contribution is -2.31. The van der Waals surface area contributed by atoms with Crippen LogP contribution in [-0.4, -0.2) is 30.2 Å². The number of aromatic nitrogens is 2. The molecule has 0 bridgehead atoms. The molecule has 0 spiro atoms. The summed E-state index contributed by atoms with van der Waals surface area (Å²) in [7, 11) is -4.16. The molecule has 0 saturated heterocycles. The van der Waals surface area contributed by atoms with Crippen molar-refractivity contribution in [1.29, 1.82) is 0 Å². The van der Waals surface area contributed by atoms with E-state index < -0.39 is 15.9 Å². The number of carbonyl (C=O) groups is 1. The van der Waals surface area contributed by atoms with E-state index in [0.717, 1.165) is 36.9 Å². The van der Waals surface area contributed by atoms with E-state index in [2.05, 4.69) is 0 Å². The van der Waals surface area contributed by atoms with Crippen molar-refractivity contribution in [2.75, 3.05) is 12.4 Å². The molecule has 0 unspecified atom stereocenters. The lowest BCUT2D eigenvalue weighted by Gasteiger charge is -2.08. The molecule has 2 rings (SSSR count). The van der Waals surface area contributed by atoms with Crippen molar-refractivity contribution >= 4 is 16.1 Å². The summed E-state index contributed by atoms with van der Waals surface area (Å²) >= 11 is 0. The van der Waals surface area contributed by atoms with Gasteiger partial charge >= 0.3 is 5.97 Å². The van der Waals surface area contributed by atoms with Gasteiger partial charge in [0.25, 0.3) is 6.33 Å². The maximum absolute atomic E-state index is 11.0. The van der Waals surface area contributed by atoms with Gasteiger partial charge in [0, 0.05) is 6.42 Å². The minimum atomic E-state index is -4.16. The molecule has 9 heteroatoms. The molecular weight excluding hydrogens is 394 g/mol. The molecule has 0 atom stereocenters. The van der Waals surface area contributed by atoms with Crippen LogP contribution < -0.4 is 10.4 Å². The first kappa shape index (κ1) is 24.6. The van der Waals surface area contributed by atoms with Crippen LogP contribution in [0.4, 0.5) is 0 Å². The van der Waals surface area contributed by atoms with Gasteiger partial charge in [0.05, 0.1) is 29.0 Å². The van der Waals surface area contributed by atoms with Gasteiger partial charge in [0.1, 0.15) is 6.20 Å². The molecule has 1 aromatic carbocycles. The number of esters is 1. The predicted octanol–water partition coefficient (Wildman–Crippen LogP) is 1.96. The van der Waals surface area contributed by atoms with E-state index >= 15 is 0 Å². The zero-order valence-corrected chi connectivity index (χ0v) is 18.2. The van der Waals surface area contributed by atoms with E-state index in [9.17, 15) is 17.8 Å². The van der Waals surface area contributed by atoms with Crippen LogP contribution in [0.5, 0.6) is 0 Å². The third-order valence-corrected chi connectivity index (χ3v) is 4.63. The van der Waals surface area contributed by atoms with Crippen LogP contribution in [0.25, 0.3) is 0 Å². The molecule has 0 aliphatic carbocycles. The van der Waals surface area contributed by atoms with Gasteiger partial charge in [-0.25, -0.2) is 13.0 Å². The summed E-state index contributed by atoms with van der Waals surface area (Å²) in [4.78, 5) is 11.0. The second kappa shape index (κ2) is 12.2. The summed E-state index contributed by atoms with van der Waals surface area (Å²) in [6.45, 7) is 6.97. The van der Waals surface area contributed by atoms with Gasteiger partial charge in [-0.15, -0.1) is 4.68 Å². The number of rotatable bonds is 9. The van der Waals surface area contributed by atoms with E-state index in [1.54, 1.807) is 18.3 Å². The van der Waals surface area contributed by atoms with Crippen molar-refractivity contribution in [3.8, 4) is 0 Å². The number of hydrogen-bond acceptors (Lipinski definition) is 6. The molecule has 0 aliphatic rings. The Labute approximate surface area is 173 Å². The van der Waals surface area contributed by atoms with E-state index in [4.69, 9.17) is 10.6 Å². The van der Waals surface area contributed by atoms with Crippen molar-refractivity contribution in [2.24, 2.45) is 0 Å². The quantitative estimate of drug-likeness (QED) is 0.216. The predicted molar refractivity (Wildman–Crippen MR) is 109 cm³/mol. The van der Waals surface area contributed by atoms with Gasteiger partial charge in [0.15, 0.2) is 6.20 Å². The first-order valence-electron chi connectivity index (χ1n) is 9.57. The summed E-state index contributed by atoms with van der Waals surface area (Å²) in [5, 5.41) is 0. The average molecular weight is 426 g/mol. The number of ether oxygens (including phenoxy) is 1. The number of benzene rings is 1. The van der Waals surface area contributed by atoms with Crippen LogP contribution in [0.1, 0.15) is 49.3 Å². The Balaban J connectivity index is 0.000000296. The van der Waals surface area contributed by atoms with Crippen LogP contribution in [0, 0.1) is 13.8 Å². The number of nitrogen functional groups attached to an aromatic ring is 1. The molecule has 1 aromatic heterocycles. The van der Waals surface area contributed by atoms with Crippen LogP contribution in [-0.2, 0) is 31.9 Å². The molecule has 2 N–H and O–H groups in total. The van der Waals surface area contributed by atoms with Gasteiger partial charge in [-0.3, -0.25) is 10.6 Å². The Morgan fingerprint density at radius 3 is 2.34 bits per heavy atom. The Kier molecular flexibility index (Phi) is 10.4. The van der Waals surface area contributed by atoms with Crippen molar-refractivity contribution in [1.82, 2.24) is 4.68 Å². The van der Waals surface area contributed by atoms with Crippen LogP contribution in [0.3, 0.4) is 0 Å². The number of unbranched alkanes of at least 4 members (excludes halogenated alkanes) is 2. The second-order valence-corrected chi connectivity index (χ2v) is 8.32. The summed E-state index contributed by atoms with van der Waals surface area (Å²) in [6, 6.07) is 5.35. The fourth-order valence-electron chi connectivity index (χ4n) is 2.87. The molecule has 0 aliphatic heterocycles. The summed E-state index contributed by atoms with van der Waals surface area (Å²) in [5.41, 5.74) is 2.50. The second-order valence-electron chi connectivity index (χ2n) is 6.91. The third kappa shape index (κ3) is 11.9. The third-order valence-electron chi connectivity index (χ3n) is 3.94. The van der Waals surface area contributed by atoms with Gasteiger partial charge in [-0.1, -0.05) is 29.3 Å². The van der Waals surface area contributed by atoms with E-state index in [-0.39, 0.29) is 5.97 Å². The lowest BCUT2D eigenvalue weighted by molar-refractivity contribution is -0.696. The molecule has 0 saturated carbocycles. The number of carbonyl (C=O) groups excluding carboxylic acids is 1. The maximum Gasteiger partial charge on any atom is 0.305 e. The highest BCUT2D eigenvalue weighted by atomic mass is 32.2. The first-order chi connectivity index (χ1) is 13.6. The van der Waals surface area contributed by atoms with E-state index in [1.807, 2.05) is 43.9 Å². The van der Waals surface area contributed by atoms with Crippen LogP contribution in [0.15, 0.2) is 36.9 Å². The largest absolute Gasteiger partial charge is 0.748 e. The van der Waals surface area contributed by atoms with Crippen LogP contribution >= 0.6 is 0 Å². The number of aryl methyl sites for hydroxylation is 3. The molecule has 0 radical (unpaired) electrons. The van der Waals surface area contributed by atoms with Gasteiger partial charge in [-0.05, 0) is 45.6 Å². The Morgan fingerprint density at radius 2 is 1.83 bits per heavy atom. The SMILES string of the molecule is CCOC(=O)CCCCC[n+]1ccn(N)c1.Cc1cc(C)cc(CS(=O)(=O)[O-])c1. The minimum Gasteiger partial charge on any atom is -0.748 e. The lowest BCUT2D eigenvalue weighted by atomic mass is 10.1. The molecule has 1 heterocycles. The molecular formula is C20H31N3O5S. The van der Waals surface area contributed by atoms with Crippen molar-refractivity contribution in [2.45, 2.75) is 58.8 Å². The summed E-state index contributed by atoms with van der Waals surface area (Å²) in [5.74, 6) is 5.00. The topological polar surface area (TPSA) is 118 Å². The van der Waals surface area contributed by atoms with Gasteiger partial charge in [-0.2, -0.15) is 0 Å². The first-order valence-corrected chi connectivity index (χ1v) is 11.1. The Morgan fingerprint density at radius 1 is 1.17 bits per heavy atom. The zero-order chi connectivity index (χ0) is 21.9. The summed E-state index contributed by atoms with van der Waals surface area (Å²) < 4.78 is 39.8.